The van der Waals surface area contributed by atoms with E-state index in [-0.39, 0.29) is 0 Å². The number of nitrogens with zero attached hydrogens (tertiary/aromatic N) is 2. The molecule has 1 aromatic carbocycles. The van der Waals surface area contributed by atoms with E-state index in [2.05, 4.69) is 28.3 Å². The molecule has 2 aromatic rings. The highest BCUT2D eigenvalue weighted by molar-refractivity contribution is 7.11. The maximum atomic E-state index is 6.09. The van der Waals surface area contributed by atoms with Crippen LogP contribution in [0.25, 0.3) is 11.1 Å². The number of aromatic nitrogens is 1. The smallest absolute Gasteiger partial charge is 0.147 e. The Morgan fingerprint density at radius 2 is 2.20 bits per heavy atom. The summed E-state index contributed by atoms with van der Waals surface area (Å²) in [6.45, 7) is 4.74. The molecule has 2 heterocycles. The van der Waals surface area contributed by atoms with Crippen LogP contribution in [-0.4, -0.2) is 30.2 Å². The van der Waals surface area contributed by atoms with Crippen molar-refractivity contribution in [3.63, 3.8) is 0 Å². The zero-order valence-corrected chi connectivity index (χ0v) is 12.4. The van der Waals surface area contributed by atoms with Crippen molar-refractivity contribution < 1.29 is 4.74 Å². The second kappa shape index (κ2) is 5.81. The summed E-state index contributed by atoms with van der Waals surface area (Å²) in [5.74, 6) is 0.621. The summed E-state index contributed by atoms with van der Waals surface area (Å²) in [4.78, 5) is 2.36. The van der Waals surface area contributed by atoms with Crippen LogP contribution in [0.3, 0.4) is 0 Å². The van der Waals surface area contributed by atoms with Crippen LogP contribution in [0.5, 0.6) is 0 Å². The van der Waals surface area contributed by atoms with E-state index in [4.69, 9.17) is 10.5 Å². The van der Waals surface area contributed by atoms with Crippen molar-refractivity contribution in [2.75, 3.05) is 30.3 Å². The maximum absolute atomic E-state index is 6.09. The van der Waals surface area contributed by atoms with Gasteiger partial charge in [-0.15, -0.1) is 0 Å². The molecule has 0 spiro atoms. The van der Waals surface area contributed by atoms with E-state index in [1.54, 1.807) is 0 Å². The lowest BCUT2D eigenvalue weighted by molar-refractivity contribution is 0.0387. The lowest BCUT2D eigenvalue weighted by Gasteiger charge is -2.33. The molecule has 0 bridgehead atoms. The number of nitrogen functional groups attached to an aromatic ring is 1. The molecule has 0 saturated carbocycles. The van der Waals surface area contributed by atoms with Gasteiger partial charge in [0.2, 0.25) is 0 Å². The third-order valence-corrected chi connectivity index (χ3v) is 4.57. The normalized spacial score (nSPS) is 19.2. The van der Waals surface area contributed by atoms with Crippen molar-refractivity contribution in [3.8, 4) is 11.1 Å². The van der Waals surface area contributed by atoms with Crippen LogP contribution in [0.15, 0.2) is 30.3 Å². The Kier molecular flexibility index (Phi) is 3.89. The van der Waals surface area contributed by atoms with Gasteiger partial charge in [0, 0.05) is 13.1 Å². The number of rotatable bonds is 3. The van der Waals surface area contributed by atoms with E-state index in [1.807, 2.05) is 18.2 Å². The molecule has 0 amide bonds. The third-order valence-electron chi connectivity index (χ3n) is 3.64. The fraction of sp³-hybridized carbons (Fsp3) is 0.400. The van der Waals surface area contributed by atoms with Gasteiger partial charge >= 0.3 is 0 Å². The summed E-state index contributed by atoms with van der Waals surface area (Å²) in [5.41, 5.74) is 8.28. The minimum atomic E-state index is 0.302. The predicted octanol–water partition coefficient (Wildman–Crippen LogP) is 3.01. The van der Waals surface area contributed by atoms with Gasteiger partial charge in [-0.05, 0) is 23.5 Å². The summed E-state index contributed by atoms with van der Waals surface area (Å²) in [7, 11) is 0. The second-order valence-corrected chi connectivity index (χ2v) is 5.71. The molecule has 20 heavy (non-hydrogen) atoms. The number of hydrogen-bond acceptors (Lipinski definition) is 5. The molecule has 1 saturated heterocycles. The first-order chi connectivity index (χ1) is 9.79. The number of morpholine rings is 1. The minimum absolute atomic E-state index is 0.302. The summed E-state index contributed by atoms with van der Waals surface area (Å²) in [5, 5.41) is 1.16. The molecule has 5 heteroatoms. The Balaban J connectivity index is 1.95. The van der Waals surface area contributed by atoms with Crippen molar-refractivity contribution in [2.24, 2.45) is 0 Å². The first kappa shape index (κ1) is 13.4. The number of ether oxygens (including phenoxy) is 1. The molecule has 2 N–H and O–H groups in total. The van der Waals surface area contributed by atoms with E-state index in [0.717, 1.165) is 42.2 Å². The molecule has 0 aliphatic carbocycles. The van der Waals surface area contributed by atoms with E-state index >= 15 is 0 Å². The Morgan fingerprint density at radius 1 is 1.40 bits per heavy atom. The molecular formula is C15H19N3OS. The Hall–Kier alpha value is -1.59. The SMILES string of the molecule is CCC1CN(c2snc(N)c2-c2ccccc2)CCO1. The van der Waals surface area contributed by atoms with Crippen molar-refractivity contribution >= 4 is 22.4 Å². The minimum Gasteiger partial charge on any atom is -0.382 e. The molecule has 4 nitrogen and oxygen atoms in total. The van der Waals surface area contributed by atoms with Gasteiger partial charge in [-0.25, -0.2) is 0 Å². The third kappa shape index (κ3) is 2.51. The molecule has 0 radical (unpaired) electrons. The summed E-state index contributed by atoms with van der Waals surface area (Å²) in [6.07, 6.45) is 1.33. The van der Waals surface area contributed by atoms with Gasteiger partial charge in [-0.1, -0.05) is 37.3 Å². The van der Waals surface area contributed by atoms with E-state index < -0.39 is 0 Å². The number of anilines is 2. The van der Waals surface area contributed by atoms with E-state index in [9.17, 15) is 0 Å². The van der Waals surface area contributed by atoms with E-state index in [0.29, 0.717) is 11.9 Å². The lowest BCUT2D eigenvalue weighted by atomic mass is 10.1. The van der Waals surface area contributed by atoms with E-state index in [1.165, 1.54) is 11.5 Å². The number of hydrogen-bond donors (Lipinski definition) is 1. The Morgan fingerprint density at radius 3 is 2.95 bits per heavy atom. The van der Waals surface area contributed by atoms with Gasteiger partial charge in [0.1, 0.15) is 10.8 Å². The van der Waals surface area contributed by atoms with Crippen molar-refractivity contribution in [1.29, 1.82) is 0 Å². The van der Waals surface area contributed by atoms with Gasteiger partial charge in [-0.2, -0.15) is 4.37 Å². The summed E-state index contributed by atoms with van der Waals surface area (Å²) >= 11 is 1.49. The first-order valence-corrected chi connectivity index (χ1v) is 7.74. The number of benzene rings is 1. The predicted molar refractivity (Wildman–Crippen MR) is 84.2 cm³/mol. The van der Waals surface area contributed by atoms with Crippen LogP contribution in [0.1, 0.15) is 13.3 Å². The highest BCUT2D eigenvalue weighted by Crippen LogP contribution is 2.39. The fourth-order valence-corrected chi connectivity index (χ4v) is 3.41. The molecule has 1 aromatic heterocycles. The van der Waals surface area contributed by atoms with Gasteiger partial charge in [0.05, 0.1) is 18.3 Å². The van der Waals surface area contributed by atoms with Crippen LogP contribution in [-0.2, 0) is 4.74 Å². The van der Waals surface area contributed by atoms with Crippen LogP contribution in [0.2, 0.25) is 0 Å². The van der Waals surface area contributed by atoms with Crippen LogP contribution in [0.4, 0.5) is 10.8 Å². The molecule has 1 unspecified atom stereocenters. The van der Waals surface area contributed by atoms with Crippen molar-refractivity contribution in [1.82, 2.24) is 4.37 Å². The average Bonchev–Trinajstić information content (AvgIpc) is 2.90. The maximum Gasteiger partial charge on any atom is 0.147 e. The highest BCUT2D eigenvalue weighted by atomic mass is 32.1. The Bertz CT molecular complexity index is 570. The van der Waals surface area contributed by atoms with Gasteiger partial charge in [-0.3, -0.25) is 0 Å². The standard InChI is InChI=1S/C15H19N3OS/c1-2-12-10-18(8-9-19-12)15-13(14(16)17-20-15)11-6-4-3-5-7-11/h3-7,12H,2,8-10H2,1H3,(H2,16,17). The lowest BCUT2D eigenvalue weighted by Crippen LogP contribution is -2.42. The van der Waals surface area contributed by atoms with Gasteiger partial charge < -0.3 is 15.4 Å². The largest absolute Gasteiger partial charge is 0.382 e. The quantitative estimate of drug-likeness (QED) is 0.943. The molecule has 3 rings (SSSR count). The first-order valence-electron chi connectivity index (χ1n) is 6.96. The monoisotopic (exact) mass is 289 g/mol. The van der Waals surface area contributed by atoms with Crippen molar-refractivity contribution in [2.45, 2.75) is 19.4 Å². The van der Waals surface area contributed by atoms with Gasteiger partial charge in [0.25, 0.3) is 0 Å². The van der Waals surface area contributed by atoms with Crippen molar-refractivity contribution in [3.05, 3.63) is 30.3 Å². The summed E-state index contributed by atoms with van der Waals surface area (Å²) in [6, 6.07) is 10.2. The van der Waals surface area contributed by atoms with Crippen LogP contribution in [0, 0.1) is 0 Å². The number of nitrogens with two attached hydrogens (primary N) is 1. The van der Waals surface area contributed by atoms with Crippen LogP contribution >= 0.6 is 11.5 Å². The Labute approximate surface area is 123 Å². The molecular weight excluding hydrogens is 270 g/mol. The molecule has 1 aliphatic rings. The average molecular weight is 289 g/mol. The second-order valence-electron chi connectivity index (χ2n) is 4.96. The molecule has 1 fully saturated rings. The molecule has 1 atom stereocenters. The highest BCUT2D eigenvalue weighted by Gasteiger charge is 2.24. The summed E-state index contributed by atoms with van der Waals surface area (Å²) < 4.78 is 10.1. The molecule has 1 aliphatic heterocycles. The fourth-order valence-electron chi connectivity index (χ4n) is 2.54. The molecule has 106 valence electrons. The van der Waals surface area contributed by atoms with Crippen LogP contribution < -0.4 is 10.6 Å². The zero-order valence-electron chi connectivity index (χ0n) is 11.6. The topological polar surface area (TPSA) is 51.4 Å². The van der Waals surface area contributed by atoms with Gasteiger partial charge in [0.15, 0.2) is 0 Å². The zero-order chi connectivity index (χ0) is 13.9.